The van der Waals surface area contributed by atoms with Crippen molar-refractivity contribution >= 4 is 21.2 Å². The summed E-state index contributed by atoms with van der Waals surface area (Å²) in [6.45, 7) is 0.619. The highest BCUT2D eigenvalue weighted by atomic mass is 32.2. The highest BCUT2D eigenvalue weighted by Crippen LogP contribution is 2.31. The number of nitrogens with one attached hydrogen (secondary N) is 1. The van der Waals surface area contributed by atoms with Gasteiger partial charge in [-0.3, -0.25) is 10.1 Å². The topological polar surface area (TPSA) is 115 Å². The zero-order valence-electron chi connectivity index (χ0n) is 9.21. The molecule has 0 atom stereocenters. The number of sulfone groups is 1. The smallest absolute Gasteiger partial charge is 0.310 e. The Labute approximate surface area is 98.7 Å². The molecule has 0 fully saturated rings. The first kappa shape index (κ1) is 13.4. The molecule has 0 radical (unpaired) electrons. The van der Waals surface area contributed by atoms with E-state index < -0.39 is 20.4 Å². The molecular formula is C9H13N3O4S. The second kappa shape index (κ2) is 5.11. The SMILES string of the molecule is CS(=O)(=O)c1cccc(NCCN)c1[N+](=O)[O-]. The van der Waals surface area contributed by atoms with Crippen molar-refractivity contribution in [3.8, 4) is 0 Å². The number of nitro groups is 1. The lowest BCUT2D eigenvalue weighted by Gasteiger charge is -2.08. The van der Waals surface area contributed by atoms with Gasteiger partial charge in [0.2, 0.25) is 0 Å². The Kier molecular flexibility index (Phi) is 4.02. The summed E-state index contributed by atoms with van der Waals surface area (Å²) >= 11 is 0. The Morgan fingerprint density at radius 3 is 2.59 bits per heavy atom. The van der Waals surface area contributed by atoms with Crippen LogP contribution in [0.3, 0.4) is 0 Å². The molecule has 0 amide bonds. The number of hydrogen-bond acceptors (Lipinski definition) is 6. The van der Waals surface area contributed by atoms with E-state index in [-0.39, 0.29) is 10.6 Å². The molecule has 8 heteroatoms. The van der Waals surface area contributed by atoms with Crippen LogP contribution in [0.4, 0.5) is 11.4 Å². The highest BCUT2D eigenvalue weighted by molar-refractivity contribution is 7.90. The normalized spacial score (nSPS) is 11.2. The number of rotatable bonds is 5. The number of nitrogens with zero attached hydrogens (tertiary/aromatic N) is 1. The summed E-state index contributed by atoms with van der Waals surface area (Å²) in [7, 11) is -3.64. The van der Waals surface area contributed by atoms with Crippen LogP contribution in [0.1, 0.15) is 0 Å². The summed E-state index contributed by atoms with van der Waals surface area (Å²) in [4.78, 5) is 9.91. The van der Waals surface area contributed by atoms with E-state index in [1.54, 1.807) is 0 Å². The van der Waals surface area contributed by atoms with E-state index in [1.807, 2.05) is 0 Å². The Balaban J connectivity index is 3.38. The van der Waals surface area contributed by atoms with E-state index in [4.69, 9.17) is 5.73 Å². The van der Waals surface area contributed by atoms with Gasteiger partial charge in [-0.05, 0) is 12.1 Å². The molecule has 0 saturated heterocycles. The first-order valence-electron chi connectivity index (χ1n) is 4.79. The van der Waals surface area contributed by atoms with Crippen LogP contribution in [-0.2, 0) is 9.84 Å². The van der Waals surface area contributed by atoms with Gasteiger partial charge in [-0.25, -0.2) is 8.42 Å². The molecule has 3 N–H and O–H groups in total. The quantitative estimate of drug-likeness (QED) is 0.583. The third-order valence-corrected chi connectivity index (χ3v) is 3.17. The van der Waals surface area contributed by atoms with Crippen molar-refractivity contribution in [2.75, 3.05) is 24.7 Å². The molecule has 0 heterocycles. The molecule has 0 spiro atoms. The maximum absolute atomic E-state index is 11.4. The summed E-state index contributed by atoms with van der Waals surface area (Å²) in [5, 5.41) is 13.6. The number of hydrogen-bond donors (Lipinski definition) is 2. The fourth-order valence-corrected chi connectivity index (χ4v) is 2.22. The molecule has 0 aromatic heterocycles. The molecule has 1 aromatic rings. The molecule has 7 nitrogen and oxygen atoms in total. The molecular weight excluding hydrogens is 246 g/mol. The van der Waals surface area contributed by atoms with Gasteiger partial charge in [-0.2, -0.15) is 0 Å². The zero-order valence-corrected chi connectivity index (χ0v) is 10.0. The lowest BCUT2D eigenvalue weighted by Crippen LogP contribution is -2.15. The molecule has 94 valence electrons. The second-order valence-electron chi connectivity index (χ2n) is 3.40. The fraction of sp³-hybridized carbons (Fsp3) is 0.333. The maximum Gasteiger partial charge on any atom is 0.310 e. The summed E-state index contributed by atoms with van der Waals surface area (Å²) in [5.41, 5.74) is 4.99. The van der Waals surface area contributed by atoms with Gasteiger partial charge in [-0.1, -0.05) is 6.07 Å². The van der Waals surface area contributed by atoms with E-state index in [9.17, 15) is 18.5 Å². The van der Waals surface area contributed by atoms with Crippen LogP contribution < -0.4 is 11.1 Å². The average molecular weight is 259 g/mol. The van der Waals surface area contributed by atoms with Gasteiger partial charge in [0, 0.05) is 19.3 Å². The molecule has 0 aliphatic rings. The van der Waals surface area contributed by atoms with Crippen molar-refractivity contribution in [2.45, 2.75) is 4.90 Å². The Morgan fingerprint density at radius 1 is 1.47 bits per heavy atom. The molecule has 17 heavy (non-hydrogen) atoms. The molecule has 0 saturated carbocycles. The minimum atomic E-state index is -3.64. The van der Waals surface area contributed by atoms with E-state index in [0.717, 1.165) is 6.26 Å². The fourth-order valence-electron chi connectivity index (χ4n) is 1.36. The molecule has 0 unspecified atom stereocenters. The Bertz CT molecular complexity index is 527. The minimum absolute atomic E-state index is 0.156. The van der Waals surface area contributed by atoms with Crippen LogP contribution in [0.25, 0.3) is 0 Å². The first-order chi connectivity index (χ1) is 7.88. The third-order valence-electron chi connectivity index (χ3n) is 2.04. The zero-order chi connectivity index (χ0) is 13.1. The lowest BCUT2D eigenvalue weighted by molar-refractivity contribution is -0.386. The number of benzene rings is 1. The third kappa shape index (κ3) is 3.14. The van der Waals surface area contributed by atoms with Crippen molar-refractivity contribution in [3.63, 3.8) is 0 Å². The van der Waals surface area contributed by atoms with Gasteiger partial charge in [0.05, 0.1) is 4.92 Å². The van der Waals surface area contributed by atoms with Crippen molar-refractivity contribution < 1.29 is 13.3 Å². The second-order valence-corrected chi connectivity index (χ2v) is 5.38. The van der Waals surface area contributed by atoms with E-state index in [2.05, 4.69) is 5.32 Å². The number of para-hydroxylation sites is 1. The summed E-state index contributed by atoms with van der Waals surface area (Å²) in [5.74, 6) is 0. The van der Waals surface area contributed by atoms with E-state index in [1.165, 1.54) is 18.2 Å². The minimum Gasteiger partial charge on any atom is -0.378 e. The Hall–Kier alpha value is -1.67. The van der Waals surface area contributed by atoms with Gasteiger partial charge >= 0.3 is 5.69 Å². The van der Waals surface area contributed by atoms with Gasteiger partial charge in [0.25, 0.3) is 0 Å². The Morgan fingerprint density at radius 2 is 2.12 bits per heavy atom. The number of anilines is 1. The maximum atomic E-state index is 11.4. The molecule has 0 aliphatic heterocycles. The highest BCUT2D eigenvalue weighted by Gasteiger charge is 2.25. The molecule has 1 aromatic carbocycles. The van der Waals surface area contributed by atoms with Crippen LogP contribution in [-0.4, -0.2) is 32.7 Å². The average Bonchev–Trinajstić information content (AvgIpc) is 2.24. The number of nitro benzene ring substituents is 1. The van der Waals surface area contributed by atoms with Crippen LogP contribution in [0.2, 0.25) is 0 Å². The van der Waals surface area contributed by atoms with Crippen LogP contribution in [0, 0.1) is 10.1 Å². The van der Waals surface area contributed by atoms with Crippen molar-refractivity contribution in [2.24, 2.45) is 5.73 Å². The van der Waals surface area contributed by atoms with Gasteiger partial charge in [0.1, 0.15) is 10.6 Å². The predicted molar refractivity (Wildman–Crippen MR) is 63.8 cm³/mol. The monoisotopic (exact) mass is 259 g/mol. The van der Waals surface area contributed by atoms with E-state index >= 15 is 0 Å². The van der Waals surface area contributed by atoms with Crippen LogP contribution in [0.15, 0.2) is 23.1 Å². The van der Waals surface area contributed by atoms with Crippen molar-refractivity contribution in [1.82, 2.24) is 0 Å². The van der Waals surface area contributed by atoms with Crippen LogP contribution >= 0.6 is 0 Å². The lowest BCUT2D eigenvalue weighted by atomic mass is 10.2. The van der Waals surface area contributed by atoms with Crippen molar-refractivity contribution in [1.29, 1.82) is 0 Å². The van der Waals surface area contributed by atoms with Gasteiger partial charge in [-0.15, -0.1) is 0 Å². The van der Waals surface area contributed by atoms with Crippen LogP contribution in [0.5, 0.6) is 0 Å². The molecule has 1 rings (SSSR count). The standard InChI is InChI=1S/C9H13N3O4S/c1-17(15,16)8-4-2-3-7(11-6-5-10)9(8)12(13)14/h2-4,11H,5-6,10H2,1H3. The largest absolute Gasteiger partial charge is 0.378 e. The number of nitrogens with two attached hydrogens (primary N) is 1. The van der Waals surface area contributed by atoms with E-state index in [0.29, 0.717) is 13.1 Å². The van der Waals surface area contributed by atoms with Gasteiger partial charge in [0.15, 0.2) is 9.84 Å². The molecule has 0 bridgehead atoms. The van der Waals surface area contributed by atoms with Crippen molar-refractivity contribution in [3.05, 3.63) is 28.3 Å². The first-order valence-corrected chi connectivity index (χ1v) is 6.68. The van der Waals surface area contributed by atoms with Gasteiger partial charge < -0.3 is 11.1 Å². The summed E-state index contributed by atoms with van der Waals surface area (Å²) < 4.78 is 22.9. The molecule has 0 aliphatic carbocycles. The summed E-state index contributed by atoms with van der Waals surface area (Å²) in [6, 6.07) is 4.10. The predicted octanol–water partition coefficient (Wildman–Crippen LogP) is 0.369. The summed E-state index contributed by atoms with van der Waals surface area (Å²) in [6.07, 6.45) is 0.933.